The van der Waals surface area contributed by atoms with Crippen LogP contribution in [-0.2, 0) is 4.79 Å². The zero-order chi connectivity index (χ0) is 13.1. The van der Waals surface area contributed by atoms with Crippen molar-refractivity contribution in [3.63, 3.8) is 0 Å². The lowest BCUT2D eigenvalue weighted by Gasteiger charge is -2.17. The summed E-state index contributed by atoms with van der Waals surface area (Å²) < 4.78 is 19.1. The summed E-state index contributed by atoms with van der Waals surface area (Å²) in [4.78, 5) is 13.2. The highest BCUT2D eigenvalue weighted by Gasteiger charge is 2.31. The van der Waals surface area contributed by atoms with E-state index in [0.717, 1.165) is 0 Å². The Kier molecular flexibility index (Phi) is 4.07. The molecular formula is C13H15ClFNO2. The second-order valence-electron chi connectivity index (χ2n) is 4.28. The molecule has 3 nitrogen and oxygen atoms in total. The standard InChI is InChI=1S/C13H15ClFNO2/c1-2-18-10-3-4-12(11(15)6-10)16-8-9(7-14)5-13(16)17/h3-4,6,9H,2,5,7-8H2,1H3. The quantitative estimate of drug-likeness (QED) is 0.788. The lowest BCUT2D eigenvalue weighted by atomic mass is 10.1. The molecule has 0 radical (unpaired) electrons. The molecule has 2 rings (SSSR count). The molecule has 1 aliphatic rings. The van der Waals surface area contributed by atoms with Gasteiger partial charge in [0.25, 0.3) is 0 Å². The fourth-order valence-corrected chi connectivity index (χ4v) is 2.29. The monoisotopic (exact) mass is 271 g/mol. The Morgan fingerprint density at radius 3 is 2.89 bits per heavy atom. The normalized spacial score (nSPS) is 19.4. The van der Waals surface area contributed by atoms with Crippen LogP contribution in [0.15, 0.2) is 18.2 Å². The van der Waals surface area contributed by atoms with Crippen molar-refractivity contribution in [3.8, 4) is 5.75 Å². The molecule has 1 unspecified atom stereocenters. The SMILES string of the molecule is CCOc1ccc(N2CC(CCl)CC2=O)c(F)c1. The maximum atomic E-state index is 13.9. The summed E-state index contributed by atoms with van der Waals surface area (Å²) in [5, 5.41) is 0. The molecule has 0 N–H and O–H groups in total. The van der Waals surface area contributed by atoms with Crippen LogP contribution in [0.25, 0.3) is 0 Å². The Bertz CT molecular complexity index is 453. The predicted molar refractivity (Wildman–Crippen MR) is 68.7 cm³/mol. The fourth-order valence-electron chi connectivity index (χ4n) is 2.08. The second-order valence-corrected chi connectivity index (χ2v) is 4.58. The molecule has 0 aromatic heterocycles. The van der Waals surface area contributed by atoms with Crippen LogP contribution in [-0.4, -0.2) is 24.9 Å². The highest BCUT2D eigenvalue weighted by atomic mass is 35.5. The van der Waals surface area contributed by atoms with E-state index < -0.39 is 5.82 Å². The Balaban J connectivity index is 2.21. The van der Waals surface area contributed by atoms with Gasteiger partial charge in [-0.2, -0.15) is 0 Å². The molecule has 1 amide bonds. The van der Waals surface area contributed by atoms with E-state index in [0.29, 0.717) is 36.9 Å². The highest BCUT2D eigenvalue weighted by Crippen LogP contribution is 2.30. The molecule has 0 bridgehead atoms. The topological polar surface area (TPSA) is 29.5 Å². The van der Waals surface area contributed by atoms with Crippen LogP contribution in [0, 0.1) is 11.7 Å². The summed E-state index contributed by atoms with van der Waals surface area (Å²) in [5.74, 6) is 0.471. The number of hydrogen-bond donors (Lipinski definition) is 0. The number of carbonyl (C=O) groups excluding carboxylic acids is 1. The van der Waals surface area contributed by atoms with Gasteiger partial charge in [0.2, 0.25) is 5.91 Å². The van der Waals surface area contributed by atoms with Crippen LogP contribution in [0.5, 0.6) is 5.75 Å². The van der Waals surface area contributed by atoms with Gasteiger partial charge in [-0.25, -0.2) is 4.39 Å². The van der Waals surface area contributed by atoms with Crippen LogP contribution in [0.3, 0.4) is 0 Å². The fraction of sp³-hybridized carbons (Fsp3) is 0.462. The molecule has 98 valence electrons. The Labute approximate surface area is 110 Å². The van der Waals surface area contributed by atoms with E-state index in [1.807, 2.05) is 6.92 Å². The minimum Gasteiger partial charge on any atom is -0.494 e. The molecule has 1 fully saturated rings. The van der Waals surface area contributed by atoms with E-state index in [9.17, 15) is 9.18 Å². The minimum absolute atomic E-state index is 0.0799. The number of carbonyl (C=O) groups is 1. The van der Waals surface area contributed by atoms with Gasteiger partial charge in [-0.1, -0.05) is 0 Å². The first-order valence-corrected chi connectivity index (χ1v) is 6.47. The molecule has 1 saturated heterocycles. The van der Waals surface area contributed by atoms with E-state index in [2.05, 4.69) is 0 Å². The lowest BCUT2D eigenvalue weighted by molar-refractivity contribution is -0.117. The van der Waals surface area contributed by atoms with Crippen LogP contribution in [0.1, 0.15) is 13.3 Å². The Morgan fingerprint density at radius 2 is 2.33 bits per heavy atom. The van der Waals surface area contributed by atoms with Crippen molar-refractivity contribution in [2.24, 2.45) is 5.92 Å². The Hall–Kier alpha value is -1.29. The van der Waals surface area contributed by atoms with E-state index in [1.54, 1.807) is 12.1 Å². The number of nitrogens with zero attached hydrogens (tertiary/aromatic N) is 1. The first-order valence-electron chi connectivity index (χ1n) is 5.94. The predicted octanol–water partition coefficient (Wildman–Crippen LogP) is 2.82. The van der Waals surface area contributed by atoms with Gasteiger partial charge in [-0.15, -0.1) is 11.6 Å². The summed E-state index contributed by atoms with van der Waals surface area (Å²) in [6.07, 6.45) is 0.385. The van der Waals surface area contributed by atoms with E-state index in [-0.39, 0.29) is 11.8 Å². The third kappa shape index (κ3) is 2.58. The largest absolute Gasteiger partial charge is 0.494 e. The lowest BCUT2D eigenvalue weighted by Crippen LogP contribution is -2.25. The van der Waals surface area contributed by atoms with E-state index >= 15 is 0 Å². The van der Waals surface area contributed by atoms with Crippen molar-refractivity contribution in [1.29, 1.82) is 0 Å². The molecule has 1 aromatic carbocycles. The van der Waals surface area contributed by atoms with Crippen molar-refractivity contribution in [3.05, 3.63) is 24.0 Å². The average Bonchev–Trinajstić information content (AvgIpc) is 2.71. The van der Waals surface area contributed by atoms with Crippen molar-refractivity contribution < 1.29 is 13.9 Å². The smallest absolute Gasteiger partial charge is 0.227 e. The van der Waals surface area contributed by atoms with Gasteiger partial charge < -0.3 is 9.64 Å². The van der Waals surface area contributed by atoms with Crippen LogP contribution < -0.4 is 9.64 Å². The first-order chi connectivity index (χ1) is 8.65. The summed E-state index contributed by atoms with van der Waals surface area (Å²) in [6, 6.07) is 4.55. The second kappa shape index (κ2) is 5.57. The number of alkyl halides is 1. The van der Waals surface area contributed by atoms with E-state index in [1.165, 1.54) is 11.0 Å². The van der Waals surface area contributed by atoms with Crippen molar-refractivity contribution in [2.75, 3.05) is 23.9 Å². The number of rotatable bonds is 4. The molecule has 1 atom stereocenters. The molecule has 1 heterocycles. The third-order valence-electron chi connectivity index (χ3n) is 2.94. The maximum Gasteiger partial charge on any atom is 0.227 e. The van der Waals surface area contributed by atoms with Gasteiger partial charge in [-0.3, -0.25) is 4.79 Å². The van der Waals surface area contributed by atoms with Gasteiger partial charge >= 0.3 is 0 Å². The molecule has 0 spiro atoms. The summed E-state index contributed by atoms with van der Waals surface area (Å²) in [6.45, 7) is 2.80. The van der Waals surface area contributed by atoms with E-state index in [4.69, 9.17) is 16.3 Å². The van der Waals surface area contributed by atoms with Gasteiger partial charge in [-0.05, 0) is 25.0 Å². The maximum absolute atomic E-state index is 13.9. The molecule has 5 heteroatoms. The molecule has 1 aliphatic heterocycles. The zero-order valence-electron chi connectivity index (χ0n) is 10.2. The van der Waals surface area contributed by atoms with Crippen molar-refractivity contribution in [2.45, 2.75) is 13.3 Å². The molecule has 0 aliphatic carbocycles. The van der Waals surface area contributed by atoms with Gasteiger partial charge in [0, 0.05) is 24.9 Å². The first kappa shape index (κ1) is 13.1. The minimum atomic E-state index is -0.440. The van der Waals surface area contributed by atoms with Gasteiger partial charge in [0.05, 0.1) is 12.3 Å². The summed E-state index contributed by atoms with van der Waals surface area (Å²) in [7, 11) is 0. The number of ether oxygens (including phenoxy) is 1. The molecular weight excluding hydrogens is 257 g/mol. The highest BCUT2D eigenvalue weighted by molar-refractivity contribution is 6.18. The van der Waals surface area contributed by atoms with Crippen LogP contribution in [0.2, 0.25) is 0 Å². The average molecular weight is 272 g/mol. The molecule has 18 heavy (non-hydrogen) atoms. The van der Waals surface area contributed by atoms with Crippen LogP contribution in [0.4, 0.5) is 10.1 Å². The summed E-state index contributed by atoms with van der Waals surface area (Å²) >= 11 is 5.74. The number of hydrogen-bond acceptors (Lipinski definition) is 2. The van der Waals surface area contributed by atoms with Gasteiger partial charge in [0.15, 0.2) is 5.82 Å². The van der Waals surface area contributed by atoms with Crippen molar-refractivity contribution >= 4 is 23.2 Å². The zero-order valence-corrected chi connectivity index (χ0v) is 10.9. The third-order valence-corrected chi connectivity index (χ3v) is 3.38. The number of benzene rings is 1. The van der Waals surface area contributed by atoms with Crippen molar-refractivity contribution in [1.82, 2.24) is 0 Å². The van der Waals surface area contributed by atoms with Crippen LogP contribution >= 0.6 is 11.6 Å². The van der Waals surface area contributed by atoms with Gasteiger partial charge in [0.1, 0.15) is 5.75 Å². The molecule has 0 saturated carbocycles. The summed E-state index contributed by atoms with van der Waals surface area (Å²) in [5.41, 5.74) is 0.302. The number of anilines is 1. The number of amides is 1. The number of halogens is 2. The Morgan fingerprint density at radius 1 is 1.56 bits per heavy atom. The molecule has 1 aromatic rings.